The van der Waals surface area contributed by atoms with Gasteiger partial charge in [-0.2, -0.15) is 8.42 Å². The number of halogens is 2. The fourth-order valence-corrected chi connectivity index (χ4v) is 4.45. The van der Waals surface area contributed by atoms with Gasteiger partial charge in [0.2, 0.25) is 5.13 Å². The Morgan fingerprint density at radius 3 is 2.33 bits per heavy atom. The second kappa shape index (κ2) is 5.11. The number of aromatic nitrogens is 2. The summed E-state index contributed by atoms with van der Waals surface area (Å²) in [5.74, 6) is 0. The van der Waals surface area contributed by atoms with Gasteiger partial charge in [0.05, 0.1) is 5.69 Å². The summed E-state index contributed by atoms with van der Waals surface area (Å²) >= 11 is 7.33. The van der Waals surface area contributed by atoms with Crippen LogP contribution < -0.4 is 10.5 Å². The molecule has 2 aromatic rings. The fourth-order valence-electron chi connectivity index (χ4n) is 1.10. The van der Waals surface area contributed by atoms with Crippen molar-refractivity contribution in [3.05, 3.63) is 27.1 Å². The van der Waals surface area contributed by atoms with Crippen LogP contribution in [0.25, 0.3) is 0 Å². The summed E-state index contributed by atoms with van der Waals surface area (Å²) in [6, 6.07) is 5.21. The lowest BCUT2D eigenvalue weighted by molar-refractivity contribution is 0.599. The van der Waals surface area contributed by atoms with Crippen LogP contribution in [0.15, 0.2) is 31.5 Å². The fraction of sp³-hybridized carbons (Fsp3) is 0. The van der Waals surface area contributed by atoms with E-state index < -0.39 is 10.0 Å². The summed E-state index contributed by atoms with van der Waals surface area (Å²) in [5, 5.41) is 7.08. The molecule has 0 radical (unpaired) electrons. The third kappa shape index (κ3) is 2.82. The number of sulfonamides is 1. The maximum absolute atomic E-state index is 12.0. The van der Waals surface area contributed by atoms with Crippen LogP contribution in [-0.4, -0.2) is 18.6 Å². The molecule has 1 aromatic carbocycles. The van der Waals surface area contributed by atoms with Crippen LogP contribution >= 0.6 is 43.2 Å². The number of rotatable bonds is 3. The molecule has 0 saturated heterocycles. The van der Waals surface area contributed by atoms with Gasteiger partial charge < -0.3 is 5.73 Å². The number of hydrogen-bond donors (Lipinski definition) is 2. The Balaban J connectivity index is 2.40. The molecule has 1 heterocycles. The molecule has 0 aliphatic carbocycles. The maximum atomic E-state index is 12.0. The van der Waals surface area contributed by atoms with Crippen LogP contribution in [-0.2, 0) is 10.0 Å². The SMILES string of the molecule is Nc1nnc(S(=O)(=O)Nc2c(Br)cccc2Br)s1. The second-order valence-electron chi connectivity index (χ2n) is 3.11. The molecule has 0 bridgehead atoms. The first kappa shape index (κ1) is 13.7. The Hall–Kier alpha value is -0.710. The van der Waals surface area contributed by atoms with Gasteiger partial charge in [0.25, 0.3) is 14.4 Å². The molecule has 1 aromatic heterocycles. The third-order valence-corrected chi connectivity index (χ3v) is 5.64. The van der Waals surface area contributed by atoms with Crippen molar-refractivity contribution >= 4 is 64.0 Å². The van der Waals surface area contributed by atoms with Gasteiger partial charge in [-0.3, -0.25) is 4.72 Å². The summed E-state index contributed by atoms with van der Waals surface area (Å²) < 4.78 is 27.5. The first-order chi connectivity index (χ1) is 8.40. The molecule has 0 saturated carbocycles. The Morgan fingerprint density at radius 2 is 1.83 bits per heavy atom. The molecule has 0 unspecified atom stereocenters. The van der Waals surface area contributed by atoms with Crippen LogP contribution in [0.2, 0.25) is 0 Å². The average molecular weight is 414 g/mol. The Morgan fingerprint density at radius 1 is 1.22 bits per heavy atom. The van der Waals surface area contributed by atoms with Gasteiger partial charge in [-0.25, -0.2) is 0 Å². The lowest BCUT2D eigenvalue weighted by atomic mass is 10.3. The quantitative estimate of drug-likeness (QED) is 0.805. The van der Waals surface area contributed by atoms with E-state index in [4.69, 9.17) is 5.73 Å². The summed E-state index contributed by atoms with van der Waals surface area (Å²) in [4.78, 5) is 0. The van der Waals surface area contributed by atoms with Gasteiger partial charge in [-0.15, -0.1) is 10.2 Å². The summed E-state index contributed by atoms with van der Waals surface area (Å²) in [6.07, 6.45) is 0. The van der Waals surface area contributed by atoms with Crippen molar-refractivity contribution < 1.29 is 8.42 Å². The van der Waals surface area contributed by atoms with E-state index in [1.165, 1.54) is 0 Å². The zero-order valence-corrected chi connectivity index (χ0v) is 13.4. The third-order valence-electron chi connectivity index (χ3n) is 1.85. The van der Waals surface area contributed by atoms with Gasteiger partial charge in [0.1, 0.15) is 0 Å². The van der Waals surface area contributed by atoms with Crippen LogP contribution in [0.3, 0.4) is 0 Å². The summed E-state index contributed by atoms with van der Waals surface area (Å²) in [5.41, 5.74) is 5.76. The van der Waals surface area contributed by atoms with E-state index in [-0.39, 0.29) is 9.47 Å². The van der Waals surface area contributed by atoms with E-state index in [9.17, 15) is 8.42 Å². The first-order valence-corrected chi connectivity index (χ1v) is 8.34. The zero-order chi connectivity index (χ0) is 13.3. The Bertz CT molecular complexity index is 666. The normalized spacial score (nSPS) is 11.4. The molecule has 0 aliphatic rings. The predicted octanol–water partition coefficient (Wildman–Crippen LogP) is 2.45. The predicted molar refractivity (Wildman–Crippen MR) is 77.0 cm³/mol. The smallest absolute Gasteiger partial charge is 0.291 e. The number of nitrogens with zero attached hydrogens (tertiary/aromatic N) is 2. The molecule has 18 heavy (non-hydrogen) atoms. The molecule has 0 aliphatic heterocycles. The van der Waals surface area contributed by atoms with Gasteiger partial charge in [0.15, 0.2) is 0 Å². The van der Waals surface area contributed by atoms with Crippen LogP contribution in [0.4, 0.5) is 10.8 Å². The van der Waals surface area contributed by atoms with Crippen molar-refractivity contribution in [1.82, 2.24) is 10.2 Å². The molecule has 96 valence electrons. The van der Waals surface area contributed by atoms with E-state index in [2.05, 4.69) is 46.8 Å². The molecular weight excluding hydrogens is 408 g/mol. The highest BCUT2D eigenvalue weighted by molar-refractivity contribution is 9.11. The molecule has 0 fully saturated rings. The highest BCUT2D eigenvalue weighted by Gasteiger charge is 2.21. The Kier molecular flexibility index (Phi) is 3.90. The highest BCUT2D eigenvalue weighted by atomic mass is 79.9. The molecule has 0 spiro atoms. The second-order valence-corrected chi connectivity index (χ2v) is 7.68. The van der Waals surface area contributed by atoms with Gasteiger partial charge in [-0.1, -0.05) is 17.4 Å². The van der Waals surface area contributed by atoms with Gasteiger partial charge in [0, 0.05) is 8.95 Å². The molecule has 2 rings (SSSR count). The highest BCUT2D eigenvalue weighted by Crippen LogP contribution is 2.32. The number of nitrogens with two attached hydrogens (primary N) is 1. The van der Waals surface area contributed by atoms with Crippen LogP contribution in [0.1, 0.15) is 0 Å². The number of hydrogen-bond acceptors (Lipinski definition) is 6. The minimum absolute atomic E-state index is 0.0987. The minimum atomic E-state index is -3.78. The topological polar surface area (TPSA) is 98.0 Å². The van der Waals surface area contributed by atoms with Crippen molar-refractivity contribution in [3.63, 3.8) is 0 Å². The van der Waals surface area contributed by atoms with Crippen LogP contribution in [0.5, 0.6) is 0 Å². The molecule has 6 nitrogen and oxygen atoms in total. The summed E-state index contributed by atoms with van der Waals surface area (Å²) in [7, 11) is -3.78. The van der Waals surface area contributed by atoms with Crippen molar-refractivity contribution in [2.24, 2.45) is 0 Å². The maximum Gasteiger partial charge on any atom is 0.291 e. The summed E-state index contributed by atoms with van der Waals surface area (Å²) in [6.45, 7) is 0. The van der Waals surface area contributed by atoms with Crippen molar-refractivity contribution in [3.8, 4) is 0 Å². The molecule has 10 heteroatoms. The lowest BCUT2D eigenvalue weighted by Crippen LogP contribution is -2.13. The number of benzene rings is 1. The van der Waals surface area contributed by atoms with Crippen molar-refractivity contribution in [2.45, 2.75) is 4.34 Å². The zero-order valence-electron chi connectivity index (χ0n) is 8.59. The van der Waals surface area contributed by atoms with Crippen LogP contribution in [0, 0.1) is 0 Å². The lowest BCUT2D eigenvalue weighted by Gasteiger charge is -2.09. The van der Waals surface area contributed by atoms with E-state index in [1.54, 1.807) is 18.2 Å². The number of nitrogens with one attached hydrogen (secondary N) is 1. The van der Waals surface area contributed by atoms with E-state index in [1.807, 2.05) is 0 Å². The molecular formula is C8H6Br2N4O2S2. The average Bonchev–Trinajstić information content (AvgIpc) is 2.71. The van der Waals surface area contributed by atoms with Gasteiger partial charge in [-0.05, 0) is 44.0 Å². The first-order valence-electron chi connectivity index (χ1n) is 4.46. The Labute approximate surface area is 124 Å². The standard InChI is InChI=1S/C8H6Br2N4O2S2/c9-4-2-1-3-5(10)6(4)14-18(15,16)8-13-12-7(11)17-8/h1-3,14H,(H2,11,12). The molecule has 0 atom stereocenters. The number of nitrogen functional groups attached to an aromatic ring is 1. The van der Waals surface area contributed by atoms with Gasteiger partial charge >= 0.3 is 0 Å². The van der Waals surface area contributed by atoms with E-state index >= 15 is 0 Å². The van der Waals surface area contributed by atoms with Crippen molar-refractivity contribution in [1.29, 1.82) is 0 Å². The largest absolute Gasteiger partial charge is 0.374 e. The number of para-hydroxylation sites is 1. The monoisotopic (exact) mass is 412 g/mol. The van der Waals surface area contributed by atoms with E-state index in [0.717, 1.165) is 11.3 Å². The minimum Gasteiger partial charge on any atom is -0.374 e. The van der Waals surface area contributed by atoms with Crippen molar-refractivity contribution in [2.75, 3.05) is 10.5 Å². The molecule has 3 N–H and O–H groups in total. The number of anilines is 2. The molecule has 0 amide bonds. The van der Waals surface area contributed by atoms with E-state index in [0.29, 0.717) is 14.6 Å².